The van der Waals surface area contributed by atoms with Crippen LogP contribution in [0.2, 0.25) is 0 Å². The van der Waals surface area contributed by atoms with Crippen LogP contribution in [0.15, 0.2) is 77.8 Å². The highest BCUT2D eigenvalue weighted by Gasteiger charge is 2.43. The minimum Gasteiger partial charge on any atom is -0.480 e. The topological polar surface area (TPSA) is 148 Å². The number of hydrogen-bond acceptors (Lipinski definition) is 9. The molecule has 2 aliphatic carbocycles. The predicted molar refractivity (Wildman–Crippen MR) is 190 cm³/mol. The molecule has 2 amide bonds. The minimum atomic E-state index is -1.11. The molecule has 2 aliphatic rings. The van der Waals surface area contributed by atoms with E-state index in [0.717, 1.165) is 64.5 Å². The van der Waals surface area contributed by atoms with Crippen molar-refractivity contribution in [2.24, 2.45) is 0 Å². The van der Waals surface area contributed by atoms with Gasteiger partial charge < -0.3 is 20.5 Å². The smallest absolute Gasteiger partial charge is 0.332 e. The SMILES string of the molecule is O=C(NC1(C(=O)O)CCCCC1)c1ccc2ncsc2c1.O=C(NC1(C(=O)OCc2ccccc2)CCCCC1)c1ccc2ncsc2c1. The number of carboxylic acids is 1. The van der Waals surface area contributed by atoms with Gasteiger partial charge in [-0.2, -0.15) is 0 Å². The van der Waals surface area contributed by atoms with Crippen molar-refractivity contribution < 1.29 is 29.0 Å². The van der Waals surface area contributed by atoms with Crippen molar-refractivity contribution in [3.8, 4) is 0 Å². The monoisotopic (exact) mass is 698 g/mol. The Morgan fingerprint density at radius 3 is 1.67 bits per heavy atom. The van der Waals surface area contributed by atoms with Gasteiger partial charge in [0.25, 0.3) is 11.8 Å². The molecule has 3 aromatic carbocycles. The zero-order valence-electron chi connectivity index (χ0n) is 27.0. The summed E-state index contributed by atoms with van der Waals surface area (Å²) in [5.74, 6) is -1.85. The quantitative estimate of drug-likeness (QED) is 0.143. The van der Waals surface area contributed by atoms with Crippen molar-refractivity contribution >= 4 is 66.9 Å². The minimum absolute atomic E-state index is 0.212. The summed E-state index contributed by atoms with van der Waals surface area (Å²) in [6.45, 7) is 0.212. The molecular weight excluding hydrogens is 661 g/mol. The number of nitrogens with one attached hydrogen (secondary N) is 2. The number of amides is 2. The number of benzene rings is 3. The highest BCUT2D eigenvalue weighted by atomic mass is 32.1. The number of carboxylic acid groups (broad SMARTS) is 1. The van der Waals surface area contributed by atoms with Crippen molar-refractivity contribution in [1.29, 1.82) is 0 Å². The van der Waals surface area contributed by atoms with Crippen LogP contribution in [0.5, 0.6) is 0 Å². The molecule has 5 aromatic rings. The molecule has 0 aliphatic heterocycles. The summed E-state index contributed by atoms with van der Waals surface area (Å²) in [6, 6.07) is 20.3. The van der Waals surface area contributed by atoms with Crippen LogP contribution < -0.4 is 10.6 Å². The van der Waals surface area contributed by atoms with Crippen molar-refractivity contribution in [1.82, 2.24) is 20.6 Å². The van der Waals surface area contributed by atoms with Gasteiger partial charge in [-0.1, -0.05) is 68.9 Å². The zero-order valence-corrected chi connectivity index (χ0v) is 28.6. The maximum atomic E-state index is 13.0. The fourth-order valence-corrected chi connectivity index (χ4v) is 7.95. The van der Waals surface area contributed by atoms with Crippen LogP contribution in [0, 0.1) is 0 Å². The van der Waals surface area contributed by atoms with Crippen LogP contribution in [0.25, 0.3) is 20.4 Å². The highest BCUT2D eigenvalue weighted by molar-refractivity contribution is 7.17. The second kappa shape index (κ2) is 15.3. The van der Waals surface area contributed by atoms with Gasteiger partial charge in [-0.05, 0) is 67.6 Å². The molecule has 2 heterocycles. The normalized spacial score (nSPS) is 16.6. The molecule has 0 bridgehead atoms. The first kappa shape index (κ1) is 34.2. The second-order valence-electron chi connectivity index (χ2n) is 12.6. The van der Waals surface area contributed by atoms with Crippen LogP contribution in [0.1, 0.15) is 90.5 Å². The summed E-state index contributed by atoms with van der Waals surface area (Å²) in [6.07, 6.45) is 7.76. The first-order valence-corrected chi connectivity index (χ1v) is 18.3. The van der Waals surface area contributed by atoms with E-state index in [-0.39, 0.29) is 24.4 Å². The first-order chi connectivity index (χ1) is 23.8. The van der Waals surface area contributed by atoms with Crippen LogP contribution in [-0.2, 0) is 20.9 Å². The Balaban J connectivity index is 0.000000177. The zero-order chi connectivity index (χ0) is 34.3. The van der Waals surface area contributed by atoms with Gasteiger partial charge in [-0.25, -0.2) is 19.6 Å². The third-order valence-corrected chi connectivity index (χ3v) is 10.9. The van der Waals surface area contributed by atoms with Crippen LogP contribution >= 0.6 is 22.7 Å². The molecule has 0 spiro atoms. The third kappa shape index (κ3) is 7.97. The molecule has 254 valence electrons. The number of ether oxygens (including phenoxy) is 1. The fourth-order valence-electron chi connectivity index (χ4n) is 6.52. The Morgan fingerprint density at radius 2 is 1.16 bits per heavy atom. The van der Waals surface area contributed by atoms with Crippen molar-refractivity contribution in [3.05, 3.63) is 94.4 Å². The number of carbonyl (C=O) groups excluding carboxylic acids is 3. The largest absolute Gasteiger partial charge is 0.480 e. The molecule has 2 saturated carbocycles. The molecule has 49 heavy (non-hydrogen) atoms. The van der Waals surface area contributed by atoms with Gasteiger partial charge in [0.2, 0.25) is 0 Å². The van der Waals surface area contributed by atoms with Crippen molar-refractivity contribution in [3.63, 3.8) is 0 Å². The van der Waals surface area contributed by atoms with E-state index in [1.165, 1.54) is 22.7 Å². The molecular formula is C37H38N4O6S2. The Labute approximate surface area is 291 Å². The Bertz CT molecular complexity index is 1940. The average Bonchev–Trinajstić information content (AvgIpc) is 3.81. The maximum absolute atomic E-state index is 13.0. The molecule has 3 N–H and O–H groups in total. The molecule has 2 fully saturated rings. The number of fused-ring (bicyclic) bond motifs is 2. The molecule has 2 aromatic heterocycles. The summed E-state index contributed by atoms with van der Waals surface area (Å²) < 4.78 is 7.49. The number of aliphatic carboxylic acids is 1. The fraction of sp³-hybridized carbons (Fsp3) is 0.351. The third-order valence-electron chi connectivity index (χ3n) is 9.32. The van der Waals surface area contributed by atoms with E-state index in [4.69, 9.17) is 4.74 Å². The van der Waals surface area contributed by atoms with Gasteiger partial charge in [0.05, 0.1) is 31.5 Å². The van der Waals surface area contributed by atoms with Gasteiger partial charge in [0.1, 0.15) is 17.7 Å². The Hall–Kier alpha value is -4.68. The van der Waals surface area contributed by atoms with Crippen molar-refractivity contribution in [2.75, 3.05) is 0 Å². The summed E-state index contributed by atoms with van der Waals surface area (Å²) in [5.41, 5.74) is 5.10. The number of carbonyl (C=O) groups is 4. The molecule has 0 atom stereocenters. The average molecular weight is 699 g/mol. The lowest BCUT2D eigenvalue weighted by Crippen LogP contribution is -2.56. The van der Waals surface area contributed by atoms with E-state index in [9.17, 15) is 24.3 Å². The predicted octanol–water partition coefficient (Wildman–Crippen LogP) is 7.29. The van der Waals surface area contributed by atoms with E-state index in [2.05, 4.69) is 20.6 Å². The first-order valence-electron chi connectivity index (χ1n) is 16.5. The van der Waals surface area contributed by atoms with Gasteiger partial charge in [0, 0.05) is 11.1 Å². The lowest BCUT2D eigenvalue weighted by atomic mass is 9.81. The number of nitrogens with zero attached hydrogens (tertiary/aromatic N) is 2. The van der Waals surface area contributed by atoms with E-state index in [0.29, 0.717) is 36.8 Å². The summed E-state index contributed by atoms with van der Waals surface area (Å²) in [4.78, 5) is 58.3. The number of aromatic nitrogens is 2. The molecule has 0 saturated heterocycles. The van der Waals surface area contributed by atoms with Gasteiger partial charge in [-0.3, -0.25) is 9.59 Å². The van der Waals surface area contributed by atoms with Crippen LogP contribution in [0.4, 0.5) is 0 Å². The van der Waals surface area contributed by atoms with Crippen LogP contribution in [-0.4, -0.2) is 49.9 Å². The summed E-state index contributed by atoms with van der Waals surface area (Å²) in [5, 5.41) is 15.3. The molecule has 0 radical (unpaired) electrons. The summed E-state index contributed by atoms with van der Waals surface area (Å²) in [7, 11) is 0. The molecule has 0 unspecified atom stereocenters. The number of hydrogen-bond donors (Lipinski definition) is 3. The molecule has 10 nitrogen and oxygen atoms in total. The number of esters is 1. The lowest BCUT2D eigenvalue weighted by Gasteiger charge is -2.35. The van der Waals surface area contributed by atoms with E-state index >= 15 is 0 Å². The van der Waals surface area contributed by atoms with Crippen LogP contribution in [0.3, 0.4) is 0 Å². The number of rotatable bonds is 8. The van der Waals surface area contributed by atoms with Crippen molar-refractivity contribution in [2.45, 2.75) is 81.9 Å². The van der Waals surface area contributed by atoms with Gasteiger partial charge in [0.15, 0.2) is 0 Å². The van der Waals surface area contributed by atoms with Gasteiger partial charge in [-0.15, -0.1) is 22.7 Å². The van der Waals surface area contributed by atoms with E-state index in [1.807, 2.05) is 42.5 Å². The second-order valence-corrected chi connectivity index (χ2v) is 14.4. The van der Waals surface area contributed by atoms with E-state index < -0.39 is 17.0 Å². The van der Waals surface area contributed by atoms with E-state index in [1.54, 1.807) is 35.3 Å². The standard InChI is InChI=1S/C22H22N2O3S.C15H16N2O3S/c25-20(17-9-10-18-19(13-17)28-15-23-18)24-22(11-5-2-6-12-22)21(26)27-14-16-7-3-1-4-8-16;18-13(10-4-5-11-12(8-10)21-9-16-11)17-15(14(19)20)6-2-1-3-7-15/h1,3-4,7-10,13,15H,2,5-6,11-12,14H2,(H,24,25);4-5,8-9H,1-3,6-7H2,(H,17,18)(H,19,20). The Morgan fingerprint density at radius 1 is 0.673 bits per heavy atom. The van der Waals surface area contributed by atoms with Gasteiger partial charge >= 0.3 is 11.9 Å². The Kier molecular flexibility index (Phi) is 10.6. The lowest BCUT2D eigenvalue weighted by molar-refractivity contribution is -0.154. The molecule has 7 rings (SSSR count). The maximum Gasteiger partial charge on any atom is 0.332 e. The highest BCUT2D eigenvalue weighted by Crippen LogP contribution is 2.31. The summed E-state index contributed by atoms with van der Waals surface area (Å²) >= 11 is 2.96. The number of thiazole rings is 2. The molecule has 12 heteroatoms.